The third-order valence-electron chi connectivity index (χ3n) is 20.3. The van der Waals surface area contributed by atoms with Gasteiger partial charge < -0.3 is 28.1 Å². The van der Waals surface area contributed by atoms with Gasteiger partial charge in [0.15, 0.2) is 0 Å². The van der Waals surface area contributed by atoms with E-state index >= 15 is 0 Å². The summed E-state index contributed by atoms with van der Waals surface area (Å²) in [6.07, 6.45) is 6.63. The summed E-state index contributed by atoms with van der Waals surface area (Å²) in [6.45, 7) is 0. The first-order chi connectivity index (χ1) is 47.7. The third-order valence-corrected chi connectivity index (χ3v) is 20.3. The predicted molar refractivity (Wildman–Crippen MR) is 406 cm³/mol. The van der Waals surface area contributed by atoms with Crippen molar-refractivity contribution in [2.75, 3.05) is 9.80 Å². The van der Waals surface area contributed by atoms with Crippen LogP contribution in [0.15, 0.2) is 334 Å². The monoisotopic (exact) mass is 1220 g/mol. The summed E-state index contributed by atoms with van der Waals surface area (Å²) >= 11 is 0. The quantitative estimate of drug-likeness (QED) is 0.128. The number of aromatic nitrogens is 4. The van der Waals surface area contributed by atoms with Crippen LogP contribution in [0, 0.1) is 0 Å². The van der Waals surface area contributed by atoms with Gasteiger partial charge in [0.05, 0.1) is 50.0 Å². The second-order valence-electron chi connectivity index (χ2n) is 25.5. The minimum Gasteiger partial charge on any atom is -0.313 e. The van der Waals surface area contributed by atoms with E-state index in [0.29, 0.717) is 0 Å². The molecule has 0 saturated heterocycles. The van der Waals surface area contributed by atoms with Crippen molar-refractivity contribution in [2.45, 2.75) is 12.8 Å². The number of fused-ring (bicyclic) bond motifs is 17. The Balaban J connectivity index is 0.839. The minimum atomic E-state index is 0.969. The van der Waals surface area contributed by atoms with Gasteiger partial charge in [-0.05, 0) is 162 Å². The Morgan fingerprint density at radius 2 is 0.490 bits per heavy atom. The summed E-state index contributed by atoms with van der Waals surface area (Å²) in [5, 5.41) is 15.6. The lowest BCUT2D eigenvalue weighted by atomic mass is 9.93. The molecule has 4 heterocycles. The van der Waals surface area contributed by atoms with Crippen molar-refractivity contribution in [3.05, 3.63) is 345 Å². The van der Waals surface area contributed by atoms with Crippen molar-refractivity contribution in [1.82, 2.24) is 18.3 Å². The van der Waals surface area contributed by atoms with Gasteiger partial charge in [-0.15, -0.1) is 0 Å². The number of para-hydroxylation sites is 7. The summed E-state index contributed by atoms with van der Waals surface area (Å²) in [7, 11) is 0. The Hall–Kier alpha value is -12.6. The van der Waals surface area contributed by atoms with Crippen LogP contribution in [0.25, 0.3) is 137 Å². The maximum atomic E-state index is 2.52. The zero-order valence-corrected chi connectivity index (χ0v) is 52.4. The Bertz CT molecular complexity index is 6130. The summed E-state index contributed by atoms with van der Waals surface area (Å²) in [5.41, 5.74) is 21.7. The molecule has 0 N–H and O–H groups in total. The van der Waals surface area contributed by atoms with Crippen molar-refractivity contribution < 1.29 is 0 Å². The van der Waals surface area contributed by atoms with E-state index in [9.17, 15) is 0 Å². The largest absolute Gasteiger partial charge is 0.313 e. The number of hydrogen-bond acceptors (Lipinski definition) is 2. The maximum absolute atomic E-state index is 2.52. The highest BCUT2D eigenvalue weighted by Crippen LogP contribution is 2.50. The van der Waals surface area contributed by atoms with E-state index in [4.69, 9.17) is 0 Å². The van der Waals surface area contributed by atoms with Crippen LogP contribution in [0.2, 0.25) is 0 Å². The fraction of sp³-hybridized carbons (Fsp3) is 0.0222. The van der Waals surface area contributed by atoms with Crippen LogP contribution >= 0.6 is 0 Å². The van der Waals surface area contributed by atoms with Crippen LogP contribution in [0.5, 0.6) is 0 Å². The second kappa shape index (κ2) is 21.5. The van der Waals surface area contributed by atoms with Gasteiger partial charge in [-0.25, -0.2) is 0 Å². The summed E-state index contributed by atoms with van der Waals surface area (Å²) in [5.74, 6) is 0. The molecule has 1 aliphatic carbocycles. The molecule has 6 heteroatoms. The number of allylic oxidation sites excluding steroid dienone is 1. The molecule has 0 fully saturated rings. The third kappa shape index (κ3) is 8.18. The van der Waals surface area contributed by atoms with Crippen LogP contribution in [-0.2, 0) is 6.42 Å². The van der Waals surface area contributed by atoms with Gasteiger partial charge in [-0.2, -0.15) is 0 Å². The highest BCUT2D eigenvalue weighted by atomic mass is 15.2. The molecule has 0 bridgehead atoms. The predicted octanol–water partition coefficient (Wildman–Crippen LogP) is 24.3. The lowest BCUT2D eigenvalue weighted by Gasteiger charge is -2.30. The second-order valence-corrected chi connectivity index (χ2v) is 25.5. The van der Waals surface area contributed by atoms with E-state index in [0.717, 1.165) is 102 Å². The van der Waals surface area contributed by atoms with Crippen molar-refractivity contribution in [2.24, 2.45) is 0 Å². The molecule has 15 aromatic carbocycles. The van der Waals surface area contributed by atoms with E-state index in [2.05, 4.69) is 368 Å². The highest BCUT2D eigenvalue weighted by Gasteiger charge is 2.27. The first-order valence-electron chi connectivity index (χ1n) is 33.3. The smallest absolute Gasteiger partial charge is 0.0546 e. The van der Waals surface area contributed by atoms with E-state index in [1.165, 1.54) is 87.6 Å². The number of nitrogens with zero attached hydrogens (tertiary/aromatic N) is 6. The zero-order chi connectivity index (χ0) is 63.0. The molecule has 0 saturated carbocycles. The van der Waals surface area contributed by atoms with Gasteiger partial charge in [-0.1, -0.05) is 212 Å². The van der Waals surface area contributed by atoms with Gasteiger partial charge >= 0.3 is 0 Å². The van der Waals surface area contributed by atoms with E-state index in [1.807, 2.05) is 0 Å². The minimum absolute atomic E-state index is 0.969. The lowest BCUT2D eigenvalue weighted by molar-refractivity contribution is 0.888. The van der Waals surface area contributed by atoms with Crippen molar-refractivity contribution >= 4 is 149 Å². The molecular weight excluding hydrogens is 1170 g/mol. The molecule has 96 heavy (non-hydrogen) atoms. The molecule has 1 aliphatic rings. The van der Waals surface area contributed by atoms with Crippen LogP contribution in [0.1, 0.15) is 17.7 Å². The molecule has 19 aromatic rings. The van der Waals surface area contributed by atoms with Crippen LogP contribution < -0.4 is 9.80 Å². The van der Waals surface area contributed by atoms with E-state index in [1.54, 1.807) is 0 Å². The molecule has 0 unspecified atom stereocenters. The summed E-state index contributed by atoms with van der Waals surface area (Å²) in [6, 6.07) is 122. The van der Waals surface area contributed by atoms with Gasteiger partial charge in [-0.3, -0.25) is 0 Å². The van der Waals surface area contributed by atoms with Gasteiger partial charge in [0.25, 0.3) is 0 Å². The Kier molecular flexibility index (Phi) is 12.1. The molecule has 450 valence electrons. The number of anilines is 6. The Labute approximate surface area is 554 Å². The van der Waals surface area contributed by atoms with Crippen molar-refractivity contribution in [3.63, 3.8) is 0 Å². The molecule has 0 aliphatic heterocycles. The molecule has 0 radical (unpaired) electrons. The summed E-state index contributed by atoms with van der Waals surface area (Å²) in [4.78, 5) is 5.03. The Morgan fingerprint density at radius 3 is 0.823 bits per heavy atom. The van der Waals surface area contributed by atoms with Crippen LogP contribution in [-0.4, -0.2) is 18.3 Å². The molecule has 4 aromatic heterocycles. The van der Waals surface area contributed by atoms with Crippen LogP contribution in [0.3, 0.4) is 0 Å². The van der Waals surface area contributed by atoms with Gasteiger partial charge in [0.1, 0.15) is 0 Å². The molecular formula is C90H60N6. The van der Waals surface area contributed by atoms with E-state index in [-0.39, 0.29) is 0 Å². The van der Waals surface area contributed by atoms with Crippen LogP contribution in [0.4, 0.5) is 34.1 Å². The molecule has 0 amide bonds. The number of benzene rings is 15. The first-order valence-corrected chi connectivity index (χ1v) is 33.3. The number of rotatable bonds is 10. The summed E-state index contributed by atoms with van der Waals surface area (Å²) < 4.78 is 9.81. The number of hydrogen-bond donors (Lipinski definition) is 0. The lowest BCUT2D eigenvalue weighted by Crippen LogP contribution is -2.13. The topological polar surface area (TPSA) is 26.2 Å². The average molecular weight is 1230 g/mol. The standard InChI is InChI=1S/C90H60N6/c1-3-35-69-67(33-1)79-57-90(92(61-27-23-31-65(55-61)95-85-49-17-9-41-75(85)76-42-10-18-50-86(76)95)62-28-24-32-66(56-62)96-87-51-19-11-43-77(87)78-44-12-20-52-88(78)96)70-36-4-2-34-68(70)80(79)58-89(69)91(59-25-21-29-63(53-59)93-81-45-13-5-37-71(81)72-38-6-14-46-82(72)93)60-26-22-30-64(54-60)94-83-47-15-7-39-73(83)74-40-8-16-48-84(74)94/h1-19,21-51,53-58H,20,52H2. The average Bonchev–Trinajstić information content (AvgIpc) is 1.16. The fourth-order valence-corrected chi connectivity index (χ4v) is 16.3. The first kappa shape index (κ1) is 54.0. The maximum Gasteiger partial charge on any atom is 0.0546 e. The molecule has 0 atom stereocenters. The molecule has 0 spiro atoms. The van der Waals surface area contributed by atoms with Gasteiger partial charge in [0, 0.05) is 105 Å². The SMILES string of the molecule is C1=Cc2c(n(-c3cccc(N(c4cccc(-n5c6ccccc6c6ccccc65)c4)c4cc5c6ccccc6c(N(c6cccc(-n7c8ccccc8c8ccccc87)c6)c6cccc(-n7c8ccccc8c8ccccc87)c6)cc5c5ccccc45)c3)c3ccccc23)CC1. The normalized spacial score (nSPS) is 12.5. The van der Waals surface area contributed by atoms with Gasteiger partial charge in [0.2, 0.25) is 0 Å². The highest BCUT2D eigenvalue weighted by molar-refractivity contribution is 6.25. The van der Waals surface area contributed by atoms with E-state index < -0.39 is 0 Å². The fourth-order valence-electron chi connectivity index (χ4n) is 16.3. The Morgan fingerprint density at radius 1 is 0.219 bits per heavy atom. The zero-order valence-electron chi connectivity index (χ0n) is 52.4. The van der Waals surface area contributed by atoms with Crippen molar-refractivity contribution in [3.8, 4) is 22.7 Å². The molecule has 20 rings (SSSR count). The molecule has 6 nitrogen and oxygen atoms in total. The van der Waals surface area contributed by atoms with Crippen molar-refractivity contribution in [1.29, 1.82) is 0 Å².